The minimum atomic E-state index is -4.80. The third-order valence-electron chi connectivity index (χ3n) is 4.82. The maximum Gasteiger partial charge on any atom is 0.573 e. The number of aliphatic hydroxyl groups excluding tert-OH is 1. The Kier molecular flexibility index (Phi) is 7.99. The zero-order chi connectivity index (χ0) is 24.0. The zero-order valence-electron chi connectivity index (χ0n) is 18.0. The maximum absolute atomic E-state index is 12.7. The number of hydrogen-bond acceptors (Lipinski definition) is 6. The van der Waals surface area contributed by atoms with Gasteiger partial charge in [-0.3, -0.25) is 0 Å². The molecule has 0 saturated carbocycles. The number of nitrogens with one attached hydrogen (secondary N) is 2. The Morgan fingerprint density at radius 1 is 1.06 bits per heavy atom. The highest BCUT2D eigenvalue weighted by Crippen LogP contribution is 2.29. The van der Waals surface area contributed by atoms with Crippen LogP contribution in [0.5, 0.6) is 5.75 Å². The summed E-state index contributed by atoms with van der Waals surface area (Å²) in [6.45, 7) is 4.11. The summed E-state index contributed by atoms with van der Waals surface area (Å²) in [5.74, 6) is 0.397. The van der Waals surface area contributed by atoms with Crippen molar-refractivity contribution in [1.82, 2.24) is 9.97 Å². The first-order chi connectivity index (χ1) is 15.6. The molecule has 33 heavy (non-hydrogen) atoms. The van der Waals surface area contributed by atoms with Crippen LogP contribution in [0, 0.1) is 5.92 Å². The van der Waals surface area contributed by atoms with Crippen LogP contribution in [0.4, 0.5) is 24.9 Å². The van der Waals surface area contributed by atoms with Gasteiger partial charge in [0.1, 0.15) is 11.6 Å². The van der Waals surface area contributed by atoms with Crippen molar-refractivity contribution in [2.45, 2.75) is 32.8 Å². The van der Waals surface area contributed by atoms with Crippen molar-refractivity contribution in [1.29, 1.82) is 0 Å². The molecule has 0 aliphatic heterocycles. The van der Waals surface area contributed by atoms with E-state index in [-0.39, 0.29) is 30.3 Å². The molecule has 6 nitrogen and oxygen atoms in total. The summed E-state index contributed by atoms with van der Waals surface area (Å²) < 4.78 is 42.0. The Bertz CT molecular complexity index is 1080. The molecular weight excluding hydrogens is 457 g/mol. The minimum absolute atomic E-state index is 0.0882. The Labute approximate surface area is 194 Å². The van der Waals surface area contributed by atoms with Crippen molar-refractivity contribution in [2.24, 2.45) is 5.92 Å². The molecule has 0 radical (unpaired) electrons. The molecule has 0 saturated heterocycles. The first kappa shape index (κ1) is 24.6. The number of alkyl halides is 3. The van der Waals surface area contributed by atoms with Gasteiger partial charge in [0.15, 0.2) is 0 Å². The molecule has 0 spiro atoms. The number of benzene rings is 2. The fourth-order valence-corrected chi connectivity index (χ4v) is 3.22. The highest BCUT2D eigenvalue weighted by atomic mass is 35.5. The Hall–Kier alpha value is -3.04. The molecule has 3 N–H and O–H groups in total. The first-order valence-corrected chi connectivity index (χ1v) is 10.6. The second-order valence-corrected chi connectivity index (χ2v) is 8.07. The van der Waals surface area contributed by atoms with Crippen molar-refractivity contribution < 1.29 is 23.0 Å². The van der Waals surface area contributed by atoms with Crippen molar-refractivity contribution in [2.75, 3.05) is 17.2 Å². The van der Waals surface area contributed by atoms with E-state index in [0.29, 0.717) is 28.6 Å². The summed E-state index contributed by atoms with van der Waals surface area (Å²) in [5, 5.41) is 16.5. The topological polar surface area (TPSA) is 79.3 Å². The predicted octanol–water partition coefficient (Wildman–Crippen LogP) is 5.74. The van der Waals surface area contributed by atoms with Gasteiger partial charge < -0.3 is 20.5 Å². The van der Waals surface area contributed by atoms with Gasteiger partial charge in [0.05, 0.1) is 18.3 Å². The molecule has 10 heteroatoms. The number of anilines is 2. The van der Waals surface area contributed by atoms with E-state index < -0.39 is 6.36 Å². The summed E-state index contributed by atoms with van der Waals surface area (Å²) in [6, 6.07) is 14.2. The molecule has 0 unspecified atom stereocenters. The van der Waals surface area contributed by atoms with E-state index >= 15 is 0 Å². The standard InChI is InChI=1S/C23H24ClF3N4O2/c1-14(2)20(13-32)30-22-29-19(15-7-5-8-17(10-15)33-23(25,26)27)11-21(31-22)28-12-16-6-3-4-9-18(16)24/h3-11,14,20,32H,12-13H2,1-2H3,(H2,28,29,30,31)/t20-/m1/s1. The van der Waals surface area contributed by atoms with Crippen LogP contribution in [-0.4, -0.2) is 34.1 Å². The molecule has 1 aromatic heterocycles. The fourth-order valence-electron chi connectivity index (χ4n) is 3.02. The summed E-state index contributed by atoms with van der Waals surface area (Å²) in [7, 11) is 0. The lowest BCUT2D eigenvalue weighted by molar-refractivity contribution is -0.274. The van der Waals surface area contributed by atoms with Crippen LogP contribution < -0.4 is 15.4 Å². The molecule has 0 aliphatic rings. The quantitative estimate of drug-likeness (QED) is 0.362. The SMILES string of the molecule is CC(C)[C@@H](CO)Nc1nc(NCc2ccccc2Cl)cc(-c2cccc(OC(F)(F)F)c2)n1. The van der Waals surface area contributed by atoms with Gasteiger partial charge in [-0.15, -0.1) is 13.2 Å². The molecule has 1 heterocycles. The van der Waals surface area contributed by atoms with Crippen molar-refractivity contribution in [3.8, 4) is 17.0 Å². The monoisotopic (exact) mass is 480 g/mol. The molecule has 3 rings (SSSR count). The third kappa shape index (κ3) is 7.23. The van der Waals surface area contributed by atoms with Gasteiger partial charge in [-0.2, -0.15) is 4.98 Å². The van der Waals surface area contributed by atoms with E-state index in [2.05, 4.69) is 25.3 Å². The summed E-state index contributed by atoms with van der Waals surface area (Å²) in [5.41, 5.74) is 1.64. The minimum Gasteiger partial charge on any atom is -0.406 e. The van der Waals surface area contributed by atoms with Gasteiger partial charge >= 0.3 is 6.36 Å². The molecule has 2 aromatic carbocycles. The number of hydrogen-bond donors (Lipinski definition) is 3. The van der Waals surface area contributed by atoms with Crippen LogP contribution in [-0.2, 0) is 6.54 Å². The van der Waals surface area contributed by atoms with E-state index in [1.165, 1.54) is 18.2 Å². The zero-order valence-corrected chi connectivity index (χ0v) is 18.8. The summed E-state index contributed by atoms with van der Waals surface area (Å²) in [4.78, 5) is 8.90. The normalized spacial score (nSPS) is 12.5. The lowest BCUT2D eigenvalue weighted by Gasteiger charge is -2.21. The van der Waals surface area contributed by atoms with Crippen LogP contribution in [0.2, 0.25) is 5.02 Å². The van der Waals surface area contributed by atoms with Gasteiger partial charge in [0.2, 0.25) is 5.95 Å². The Morgan fingerprint density at radius 3 is 2.48 bits per heavy atom. The second-order valence-electron chi connectivity index (χ2n) is 7.66. The molecular formula is C23H24ClF3N4O2. The van der Waals surface area contributed by atoms with Gasteiger partial charge in [-0.1, -0.05) is 55.8 Å². The molecule has 0 amide bonds. The van der Waals surface area contributed by atoms with E-state index in [1.54, 1.807) is 18.2 Å². The fraction of sp³-hybridized carbons (Fsp3) is 0.304. The van der Waals surface area contributed by atoms with E-state index in [4.69, 9.17) is 11.6 Å². The first-order valence-electron chi connectivity index (χ1n) is 10.2. The number of rotatable bonds is 9. The van der Waals surface area contributed by atoms with Crippen molar-refractivity contribution in [3.63, 3.8) is 0 Å². The van der Waals surface area contributed by atoms with Gasteiger partial charge in [0.25, 0.3) is 0 Å². The second kappa shape index (κ2) is 10.7. The van der Waals surface area contributed by atoms with Crippen LogP contribution in [0.3, 0.4) is 0 Å². The van der Waals surface area contributed by atoms with E-state index in [9.17, 15) is 18.3 Å². The molecule has 1 atom stereocenters. The number of ether oxygens (including phenoxy) is 1. The molecule has 0 aliphatic carbocycles. The van der Waals surface area contributed by atoms with Gasteiger partial charge in [-0.25, -0.2) is 4.98 Å². The number of nitrogens with zero attached hydrogens (tertiary/aromatic N) is 2. The molecule has 176 valence electrons. The largest absolute Gasteiger partial charge is 0.573 e. The van der Waals surface area contributed by atoms with Crippen LogP contribution in [0.25, 0.3) is 11.3 Å². The lowest BCUT2D eigenvalue weighted by Crippen LogP contribution is -2.30. The average molecular weight is 481 g/mol. The predicted molar refractivity (Wildman–Crippen MR) is 122 cm³/mol. The summed E-state index contributed by atoms with van der Waals surface area (Å²) in [6.07, 6.45) is -4.80. The Morgan fingerprint density at radius 2 is 1.82 bits per heavy atom. The smallest absolute Gasteiger partial charge is 0.406 e. The number of aliphatic hydroxyl groups is 1. The molecule has 0 bridgehead atoms. The highest BCUT2D eigenvalue weighted by molar-refractivity contribution is 6.31. The lowest BCUT2D eigenvalue weighted by atomic mass is 10.1. The van der Waals surface area contributed by atoms with Crippen molar-refractivity contribution in [3.05, 3.63) is 65.2 Å². The van der Waals surface area contributed by atoms with Crippen LogP contribution >= 0.6 is 11.6 Å². The number of halogens is 4. The third-order valence-corrected chi connectivity index (χ3v) is 5.19. The van der Waals surface area contributed by atoms with Gasteiger partial charge in [0, 0.05) is 23.2 Å². The van der Waals surface area contributed by atoms with E-state index in [1.807, 2.05) is 32.0 Å². The number of aromatic nitrogens is 2. The molecule has 3 aromatic rings. The average Bonchev–Trinajstić information content (AvgIpc) is 2.75. The van der Waals surface area contributed by atoms with Crippen molar-refractivity contribution >= 4 is 23.4 Å². The highest BCUT2D eigenvalue weighted by Gasteiger charge is 2.31. The van der Waals surface area contributed by atoms with Crippen LogP contribution in [0.1, 0.15) is 19.4 Å². The Balaban J connectivity index is 1.95. The van der Waals surface area contributed by atoms with Gasteiger partial charge in [-0.05, 0) is 29.7 Å². The van der Waals surface area contributed by atoms with Crippen LogP contribution in [0.15, 0.2) is 54.6 Å². The van der Waals surface area contributed by atoms with E-state index in [0.717, 1.165) is 5.56 Å². The molecule has 0 fully saturated rings. The summed E-state index contributed by atoms with van der Waals surface area (Å²) >= 11 is 6.22. The maximum atomic E-state index is 12.7.